The fourth-order valence-electron chi connectivity index (χ4n) is 5.96. The summed E-state index contributed by atoms with van der Waals surface area (Å²) in [6.45, 7) is -3.43. The Labute approximate surface area is 162 Å². The van der Waals surface area contributed by atoms with Crippen LogP contribution in [0.25, 0.3) is 0 Å². The topological polar surface area (TPSA) is 64.6 Å². The zero-order valence-electron chi connectivity index (χ0n) is 15.7. The number of ether oxygens (including phenoxy) is 2. The molecule has 0 aromatic heterocycles. The van der Waals surface area contributed by atoms with Gasteiger partial charge >= 0.3 is 12.6 Å². The van der Waals surface area contributed by atoms with E-state index in [-0.39, 0.29) is 22.8 Å². The third-order valence-corrected chi connectivity index (χ3v) is 6.43. The molecule has 0 radical (unpaired) electrons. The van der Waals surface area contributed by atoms with Gasteiger partial charge in [-0.1, -0.05) is 12.1 Å². The van der Waals surface area contributed by atoms with Gasteiger partial charge in [-0.15, -0.1) is 0 Å². The van der Waals surface area contributed by atoms with E-state index in [0.717, 1.165) is 37.0 Å². The molecule has 1 amide bonds. The molecular formula is C21H25F2NO4. The maximum Gasteiger partial charge on any atom is 0.387 e. The van der Waals surface area contributed by atoms with Crippen molar-refractivity contribution in [3.8, 4) is 5.75 Å². The quantitative estimate of drug-likeness (QED) is 0.699. The number of rotatable bonds is 7. The van der Waals surface area contributed by atoms with E-state index in [9.17, 15) is 18.4 Å². The van der Waals surface area contributed by atoms with Gasteiger partial charge in [0.1, 0.15) is 5.75 Å². The van der Waals surface area contributed by atoms with Crippen LogP contribution in [0, 0.1) is 23.2 Å². The summed E-state index contributed by atoms with van der Waals surface area (Å²) in [5.74, 6) is 1.17. The third-order valence-electron chi connectivity index (χ3n) is 6.43. The molecule has 0 unspecified atom stereocenters. The van der Waals surface area contributed by atoms with E-state index in [1.54, 1.807) is 6.07 Å². The highest BCUT2D eigenvalue weighted by molar-refractivity contribution is 5.94. The predicted octanol–water partition coefficient (Wildman–Crippen LogP) is 4.38. The number of anilines is 1. The van der Waals surface area contributed by atoms with Crippen LogP contribution in [0.3, 0.4) is 0 Å². The summed E-state index contributed by atoms with van der Waals surface area (Å²) in [6.07, 6.45) is 7.56. The van der Waals surface area contributed by atoms with Crippen molar-refractivity contribution in [3.63, 3.8) is 0 Å². The number of esters is 1. The second kappa shape index (κ2) is 7.68. The number of hydrogen-bond donors (Lipinski definition) is 1. The molecule has 1 N–H and O–H groups in total. The number of carbonyl (C=O) groups is 2. The van der Waals surface area contributed by atoms with Gasteiger partial charge < -0.3 is 14.8 Å². The first-order chi connectivity index (χ1) is 13.4. The first kappa shape index (κ1) is 19.2. The van der Waals surface area contributed by atoms with Gasteiger partial charge in [0.15, 0.2) is 6.61 Å². The lowest BCUT2D eigenvalue weighted by Crippen LogP contribution is -2.47. The number of para-hydroxylation sites is 2. The first-order valence-corrected chi connectivity index (χ1v) is 9.90. The molecule has 0 aliphatic heterocycles. The number of nitrogens with one attached hydrogen (secondary N) is 1. The molecule has 4 bridgehead atoms. The minimum atomic E-state index is -2.99. The highest BCUT2D eigenvalue weighted by Crippen LogP contribution is 2.61. The van der Waals surface area contributed by atoms with Crippen LogP contribution in [0.15, 0.2) is 24.3 Å². The Morgan fingerprint density at radius 3 is 2.29 bits per heavy atom. The summed E-state index contributed by atoms with van der Waals surface area (Å²) in [6, 6.07) is 5.90. The maximum absolute atomic E-state index is 12.4. The van der Waals surface area contributed by atoms with Gasteiger partial charge in [-0.3, -0.25) is 9.59 Å². The number of hydrogen-bond acceptors (Lipinski definition) is 4. The fraction of sp³-hybridized carbons (Fsp3) is 0.619. The van der Waals surface area contributed by atoms with Crippen molar-refractivity contribution in [2.24, 2.45) is 23.2 Å². The van der Waals surface area contributed by atoms with Gasteiger partial charge in [-0.05, 0) is 73.8 Å². The molecule has 5 nitrogen and oxygen atoms in total. The lowest BCUT2D eigenvalue weighted by Gasteiger charge is -2.56. The molecule has 0 atom stereocenters. The van der Waals surface area contributed by atoms with Crippen LogP contribution in [0.4, 0.5) is 14.5 Å². The van der Waals surface area contributed by atoms with E-state index in [4.69, 9.17) is 4.74 Å². The molecule has 0 saturated heterocycles. The average Bonchev–Trinajstić information content (AvgIpc) is 2.60. The molecule has 0 spiro atoms. The smallest absolute Gasteiger partial charge is 0.387 e. The Balaban J connectivity index is 1.28. The van der Waals surface area contributed by atoms with Crippen LogP contribution < -0.4 is 10.1 Å². The molecular weight excluding hydrogens is 368 g/mol. The zero-order chi connectivity index (χ0) is 19.7. The Morgan fingerprint density at radius 1 is 1.07 bits per heavy atom. The normalized spacial score (nSPS) is 30.3. The lowest BCUT2D eigenvalue weighted by molar-refractivity contribution is -0.154. The molecule has 1 aromatic rings. The Kier molecular flexibility index (Phi) is 5.25. The molecule has 0 heterocycles. The summed E-state index contributed by atoms with van der Waals surface area (Å²) in [5, 5.41) is 2.46. The van der Waals surface area contributed by atoms with Gasteiger partial charge in [-0.25, -0.2) is 0 Å². The molecule has 4 fully saturated rings. The van der Waals surface area contributed by atoms with Crippen LogP contribution >= 0.6 is 0 Å². The summed E-state index contributed by atoms with van der Waals surface area (Å²) >= 11 is 0. The Morgan fingerprint density at radius 2 is 1.68 bits per heavy atom. The highest BCUT2D eigenvalue weighted by atomic mass is 19.3. The second-order valence-corrected chi connectivity index (χ2v) is 8.68. The molecule has 5 rings (SSSR count). The number of alkyl halides is 2. The summed E-state index contributed by atoms with van der Waals surface area (Å²) < 4.78 is 34.5. The van der Waals surface area contributed by atoms with Crippen molar-refractivity contribution in [3.05, 3.63) is 24.3 Å². The molecule has 4 aliphatic carbocycles. The van der Waals surface area contributed by atoms with Crippen LogP contribution in [-0.2, 0) is 14.3 Å². The van der Waals surface area contributed by atoms with Crippen LogP contribution in [-0.4, -0.2) is 25.1 Å². The van der Waals surface area contributed by atoms with Crippen molar-refractivity contribution in [2.45, 2.75) is 51.6 Å². The van der Waals surface area contributed by atoms with Gasteiger partial charge in [0.05, 0.1) is 12.1 Å². The van der Waals surface area contributed by atoms with E-state index >= 15 is 0 Å². The molecule has 28 heavy (non-hydrogen) atoms. The number of benzene rings is 1. The van der Waals surface area contributed by atoms with E-state index in [1.165, 1.54) is 37.5 Å². The van der Waals surface area contributed by atoms with Crippen LogP contribution in [0.1, 0.15) is 44.9 Å². The lowest BCUT2D eigenvalue weighted by atomic mass is 9.49. The minimum Gasteiger partial charge on any atom is -0.456 e. The third kappa shape index (κ3) is 4.28. The summed E-state index contributed by atoms with van der Waals surface area (Å²) in [5.41, 5.74) is 0.171. The predicted molar refractivity (Wildman–Crippen MR) is 97.9 cm³/mol. The number of carbonyl (C=O) groups excluding carboxylic acids is 2. The van der Waals surface area contributed by atoms with Crippen molar-refractivity contribution < 1.29 is 27.8 Å². The van der Waals surface area contributed by atoms with Gasteiger partial charge in [0.25, 0.3) is 5.91 Å². The van der Waals surface area contributed by atoms with Crippen molar-refractivity contribution in [1.29, 1.82) is 0 Å². The molecule has 152 valence electrons. The zero-order valence-corrected chi connectivity index (χ0v) is 15.7. The standard InChI is InChI=1S/C21H25F2NO4/c22-20(23)28-17-4-2-1-3-16(17)24-18(25)12-27-19(26)11-21-8-13-5-14(9-21)7-15(6-13)10-21/h1-4,13-15,20H,5-12H2,(H,24,25). The van der Waals surface area contributed by atoms with Crippen LogP contribution in [0.2, 0.25) is 0 Å². The maximum atomic E-state index is 12.4. The van der Waals surface area contributed by atoms with E-state index in [0.29, 0.717) is 6.42 Å². The fourth-order valence-corrected chi connectivity index (χ4v) is 5.96. The summed E-state index contributed by atoms with van der Waals surface area (Å²) in [7, 11) is 0. The van der Waals surface area contributed by atoms with E-state index < -0.39 is 19.1 Å². The number of amides is 1. The summed E-state index contributed by atoms with van der Waals surface area (Å²) in [4.78, 5) is 24.5. The largest absolute Gasteiger partial charge is 0.456 e. The molecule has 7 heteroatoms. The Hall–Kier alpha value is -2.18. The number of halogens is 2. The van der Waals surface area contributed by atoms with Gasteiger partial charge in [-0.2, -0.15) is 8.78 Å². The van der Waals surface area contributed by atoms with E-state index in [2.05, 4.69) is 10.1 Å². The Bertz CT molecular complexity index is 716. The first-order valence-electron chi connectivity index (χ1n) is 9.90. The molecule has 1 aromatic carbocycles. The minimum absolute atomic E-state index is 0.0556. The van der Waals surface area contributed by atoms with Crippen molar-refractivity contribution in [2.75, 3.05) is 11.9 Å². The molecule has 4 saturated carbocycles. The SMILES string of the molecule is O=C(COC(=O)CC12CC3CC(CC(C3)C1)C2)Nc1ccccc1OC(F)F. The average molecular weight is 393 g/mol. The van der Waals surface area contributed by atoms with Crippen molar-refractivity contribution >= 4 is 17.6 Å². The van der Waals surface area contributed by atoms with Crippen molar-refractivity contribution in [1.82, 2.24) is 0 Å². The van der Waals surface area contributed by atoms with Crippen LogP contribution in [0.5, 0.6) is 5.75 Å². The van der Waals surface area contributed by atoms with E-state index in [1.807, 2.05) is 0 Å². The highest BCUT2D eigenvalue weighted by Gasteiger charge is 2.51. The van der Waals surface area contributed by atoms with Gasteiger partial charge in [0, 0.05) is 0 Å². The molecule has 4 aliphatic rings. The second-order valence-electron chi connectivity index (χ2n) is 8.68. The monoisotopic (exact) mass is 393 g/mol. The van der Waals surface area contributed by atoms with Gasteiger partial charge in [0.2, 0.25) is 0 Å².